The van der Waals surface area contributed by atoms with Crippen LogP contribution in [-0.4, -0.2) is 60.1 Å². The summed E-state index contributed by atoms with van der Waals surface area (Å²) in [6.07, 6.45) is 9.19. The minimum atomic E-state index is -3.53. The zero-order chi connectivity index (χ0) is 27.5. The molecule has 1 saturated heterocycles. The molecule has 5 rings (SSSR count). The second-order valence-electron chi connectivity index (χ2n) is 14.1. The van der Waals surface area contributed by atoms with Gasteiger partial charge in [-0.15, -0.1) is 0 Å². The van der Waals surface area contributed by atoms with E-state index < -0.39 is 16.1 Å². The first-order valence-electron chi connectivity index (χ1n) is 15.5. The maximum atomic E-state index is 12.5. The molecule has 8 heteroatoms. The lowest BCUT2D eigenvalue weighted by atomic mass is 9.41. The van der Waals surface area contributed by atoms with E-state index >= 15 is 0 Å². The fourth-order valence-electron chi connectivity index (χ4n) is 10.5. The van der Waals surface area contributed by atoms with Crippen LogP contribution in [0.4, 0.5) is 4.79 Å². The molecule has 38 heavy (non-hydrogen) atoms. The molecule has 0 aromatic heterocycles. The van der Waals surface area contributed by atoms with Crippen LogP contribution in [0.15, 0.2) is 0 Å². The van der Waals surface area contributed by atoms with Crippen LogP contribution >= 0.6 is 0 Å². The van der Waals surface area contributed by atoms with Crippen molar-refractivity contribution in [3.05, 3.63) is 0 Å². The molecule has 5 aliphatic rings. The van der Waals surface area contributed by atoms with E-state index in [1.54, 1.807) is 0 Å². The van der Waals surface area contributed by atoms with Gasteiger partial charge in [-0.1, -0.05) is 34.1 Å². The molecule has 0 aromatic carbocycles. The highest BCUT2D eigenvalue weighted by atomic mass is 32.2. The van der Waals surface area contributed by atoms with E-state index in [4.69, 9.17) is 4.74 Å². The van der Waals surface area contributed by atoms with Crippen LogP contribution in [0.2, 0.25) is 0 Å². The second kappa shape index (κ2) is 10.5. The lowest BCUT2D eigenvalue weighted by molar-refractivity contribution is -0.203. The van der Waals surface area contributed by atoms with Crippen molar-refractivity contribution in [2.75, 3.05) is 18.9 Å². The molecule has 1 heterocycles. The molecule has 0 bridgehead atoms. The van der Waals surface area contributed by atoms with Gasteiger partial charge < -0.3 is 14.9 Å². The maximum absolute atomic E-state index is 12.5. The molecule has 2 N–H and O–H groups in total. The molecule has 7 nitrogen and oxygen atoms in total. The van der Waals surface area contributed by atoms with Crippen molar-refractivity contribution in [1.29, 1.82) is 0 Å². The fraction of sp³-hybridized carbons (Fsp3) is 0.967. The third-order valence-electron chi connectivity index (χ3n) is 12.5. The van der Waals surface area contributed by atoms with Crippen LogP contribution in [0.5, 0.6) is 0 Å². The van der Waals surface area contributed by atoms with Crippen molar-refractivity contribution in [3.8, 4) is 0 Å². The highest BCUT2D eigenvalue weighted by Gasteiger charge is 2.64. The molecule has 1 amide bonds. The largest absolute Gasteiger partial charge is 0.449 e. The standard InChI is InChI=1S/C30H51NO6S/c1-5-21-25-18-20(32)10-13-30(25,4)24-11-14-29(3)22(8-9-23(29)26(24)27(21)33)19(2)12-16-37-28(34)31-15-6-7-17-38(31,35)36/h19-27,32-33H,5-18H2,1-4H3/t19-,20-,21-,22-,23+,24+,25?,26?,27-,29?,30?/m1/s1. The van der Waals surface area contributed by atoms with E-state index in [9.17, 15) is 23.4 Å². The molecule has 0 spiro atoms. The average molecular weight is 554 g/mol. The molecule has 4 aliphatic carbocycles. The summed E-state index contributed by atoms with van der Waals surface area (Å²) in [5, 5.41) is 22.4. The van der Waals surface area contributed by atoms with Gasteiger partial charge in [0.2, 0.25) is 10.0 Å². The molecule has 11 atom stereocenters. The van der Waals surface area contributed by atoms with Gasteiger partial charge in [0.15, 0.2) is 0 Å². The first kappa shape index (κ1) is 28.7. The number of sulfonamides is 1. The Hall–Kier alpha value is -0.860. The number of fused-ring (bicyclic) bond motifs is 5. The summed E-state index contributed by atoms with van der Waals surface area (Å²) in [5.41, 5.74) is 0.370. The van der Waals surface area contributed by atoms with E-state index in [0.29, 0.717) is 48.3 Å². The monoisotopic (exact) mass is 553 g/mol. The number of carbonyl (C=O) groups excluding carboxylic acids is 1. The van der Waals surface area contributed by atoms with Gasteiger partial charge in [-0.3, -0.25) is 0 Å². The number of aliphatic hydroxyl groups is 2. The van der Waals surface area contributed by atoms with Gasteiger partial charge in [0.25, 0.3) is 0 Å². The van der Waals surface area contributed by atoms with Gasteiger partial charge in [0.05, 0.1) is 24.6 Å². The van der Waals surface area contributed by atoms with E-state index in [2.05, 4.69) is 27.7 Å². The van der Waals surface area contributed by atoms with Crippen LogP contribution in [0.1, 0.15) is 98.3 Å². The molecule has 1 aliphatic heterocycles. The maximum Gasteiger partial charge on any atom is 0.423 e. The van der Waals surface area contributed by atoms with Crippen LogP contribution in [-0.2, 0) is 14.8 Å². The SMILES string of the molecule is CC[C@@H]1C2C[C@H](O)CCC2(C)[C@H]2CCC3(C)[C@@H]([C@H](C)CCOC(=O)N4CCCCS4(=O)=O)CC[C@H]3C2[C@@H]1O. The summed E-state index contributed by atoms with van der Waals surface area (Å²) in [5.74, 6) is 2.93. The lowest BCUT2D eigenvalue weighted by Crippen LogP contribution is -2.62. The van der Waals surface area contributed by atoms with E-state index in [1.165, 1.54) is 6.42 Å². The number of amides is 1. The Kier molecular flexibility index (Phi) is 7.93. The molecular formula is C30H51NO6S. The highest BCUT2D eigenvalue weighted by Crippen LogP contribution is 2.69. The quantitative estimate of drug-likeness (QED) is 0.485. The molecule has 5 fully saturated rings. The van der Waals surface area contributed by atoms with Crippen molar-refractivity contribution in [3.63, 3.8) is 0 Å². The van der Waals surface area contributed by atoms with Gasteiger partial charge in [0, 0.05) is 6.54 Å². The number of ether oxygens (including phenoxy) is 1. The molecule has 0 radical (unpaired) electrons. The van der Waals surface area contributed by atoms with Crippen molar-refractivity contribution in [1.82, 2.24) is 4.31 Å². The number of aliphatic hydroxyl groups excluding tert-OH is 2. The Morgan fingerprint density at radius 3 is 2.45 bits per heavy atom. The van der Waals surface area contributed by atoms with Crippen molar-refractivity contribution in [2.45, 2.75) is 111 Å². The smallest absolute Gasteiger partial charge is 0.423 e. The number of hydrogen-bond acceptors (Lipinski definition) is 6. The lowest BCUT2D eigenvalue weighted by Gasteiger charge is -2.64. The summed E-state index contributed by atoms with van der Waals surface area (Å²) >= 11 is 0. The topological polar surface area (TPSA) is 104 Å². The Labute approximate surface area is 230 Å². The molecular weight excluding hydrogens is 502 g/mol. The van der Waals surface area contributed by atoms with Gasteiger partial charge in [-0.05, 0) is 116 Å². The Balaban J connectivity index is 1.26. The van der Waals surface area contributed by atoms with Crippen molar-refractivity contribution >= 4 is 16.1 Å². The summed E-state index contributed by atoms with van der Waals surface area (Å²) in [7, 11) is -3.53. The van der Waals surface area contributed by atoms with E-state index in [1.807, 2.05) is 0 Å². The number of rotatable bonds is 5. The van der Waals surface area contributed by atoms with Crippen LogP contribution < -0.4 is 0 Å². The number of nitrogens with zero attached hydrogens (tertiary/aromatic N) is 1. The minimum Gasteiger partial charge on any atom is -0.449 e. The number of hydrogen-bond donors (Lipinski definition) is 2. The molecule has 4 saturated carbocycles. The van der Waals surface area contributed by atoms with Gasteiger partial charge in [-0.25, -0.2) is 17.5 Å². The fourth-order valence-corrected chi connectivity index (χ4v) is 12.0. The minimum absolute atomic E-state index is 0.0214. The van der Waals surface area contributed by atoms with Crippen LogP contribution in [0, 0.1) is 52.3 Å². The van der Waals surface area contributed by atoms with Crippen LogP contribution in [0.25, 0.3) is 0 Å². The van der Waals surface area contributed by atoms with Gasteiger partial charge in [0.1, 0.15) is 0 Å². The first-order chi connectivity index (χ1) is 17.9. The predicted octanol–water partition coefficient (Wildman–Crippen LogP) is 5.20. The zero-order valence-electron chi connectivity index (χ0n) is 24.0. The van der Waals surface area contributed by atoms with Gasteiger partial charge >= 0.3 is 6.09 Å². The molecule has 0 aromatic rings. The normalized spacial score (nSPS) is 46.9. The van der Waals surface area contributed by atoms with Crippen molar-refractivity contribution < 1.29 is 28.2 Å². The summed E-state index contributed by atoms with van der Waals surface area (Å²) in [6, 6.07) is 0. The van der Waals surface area contributed by atoms with Crippen LogP contribution in [0.3, 0.4) is 0 Å². The Morgan fingerprint density at radius 2 is 1.74 bits per heavy atom. The number of carbonyl (C=O) groups is 1. The summed E-state index contributed by atoms with van der Waals surface area (Å²) in [6.45, 7) is 9.89. The zero-order valence-corrected chi connectivity index (χ0v) is 24.8. The second-order valence-corrected chi connectivity index (χ2v) is 16.1. The predicted molar refractivity (Wildman–Crippen MR) is 147 cm³/mol. The molecule has 218 valence electrons. The third-order valence-corrected chi connectivity index (χ3v) is 14.3. The Morgan fingerprint density at radius 1 is 1.03 bits per heavy atom. The average Bonchev–Trinajstić information content (AvgIpc) is 3.22. The van der Waals surface area contributed by atoms with Crippen molar-refractivity contribution in [2.24, 2.45) is 52.3 Å². The summed E-state index contributed by atoms with van der Waals surface area (Å²) in [4.78, 5) is 12.5. The first-order valence-corrected chi connectivity index (χ1v) is 17.1. The van der Waals surface area contributed by atoms with E-state index in [0.717, 1.165) is 55.7 Å². The van der Waals surface area contributed by atoms with Gasteiger partial charge in [-0.2, -0.15) is 0 Å². The molecule has 4 unspecified atom stereocenters. The highest BCUT2D eigenvalue weighted by molar-refractivity contribution is 7.89. The Bertz CT molecular complexity index is 987. The third kappa shape index (κ3) is 4.62. The summed E-state index contributed by atoms with van der Waals surface area (Å²) < 4.78 is 30.9. The van der Waals surface area contributed by atoms with E-state index in [-0.39, 0.29) is 47.9 Å².